The molecule has 3 aromatic heterocycles. The molecule has 4 nitrogen and oxygen atoms in total. The summed E-state index contributed by atoms with van der Waals surface area (Å²) in [7, 11) is 0. The van der Waals surface area contributed by atoms with E-state index in [1.807, 2.05) is 17.5 Å². The summed E-state index contributed by atoms with van der Waals surface area (Å²) in [6.07, 6.45) is 2.94. The van der Waals surface area contributed by atoms with Crippen LogP contribution < -0.4 is 5.32 Å². The molecule has 0 spiro atoms. The minimum absolute atomic E-state index is 0.0508. The van der Waals surface area contributed by atoms with Gasteiger partial charge in [-0.25, -0.2) is 4.98 Å². The monoisotopic (exact) mass is 339 g/mol. The van der Waals surface area contributed by atoms with Crippen LogP contribution in [-0.4, -0.2) is 21.6 Å². The summed E-state index contributed by atoms with van der Waals surface area (Å²) < 4.78 is 0.685. The molecule has 0 saturated heterocycles. The van der Waals surface area contributed by atoms with E-state index in [0.717, 1.165) is 15.6 Å². The Balaban J connectivity index is 1.71. The van der Waals surface area contributed by atoms with Crippen molar-refractivity contribution < 1.29 is 5.11 Å². The van der Waals surface area contributed by atoms with Crippen LogP contribution in [-0.2, 0) is 0 Å². The summed E-state index contributed by atoms with van der Waals surface area (Å²) in [5, 5.41) is 15.6. The first-order chi connectivity index (χ1) is 10.2. The highest BCUT2D eigenvalue weighted by atomic mass is 35.5. The standard InChI is InChI=1S/C14H14ClN3OS2/c15-12-4-3-10(21-12)9(19)8-18-13(11-2-1-7-20-11)14-16-5-6-17-14/h1-7,9,13,18-19H,8H2,(H,16,17). The molecule has 3 heterocycles. The van der Waals surface area contributed by atoms with Gasteiger partial charge in [-0.05, 0) is 23.6 Å². The number of nitrogens with zero attached hydrogens (tertiary/aromatic N) is 1. The molecule has 7 heteroatoms. The van der Waals surface area contributed by atoms with Crippen LogP contribution in [0.5, 0.6) is 0 Å². The van der Waals surface area contributed by atoms with Crippen LogP contribution in [0.3, 0.4) is 0 Å². The van der Waals surface area contributed by atoms with E-state index in [1.54, 1.807) is 29.8 Å². The van der Waals surface area contributed by atoms with Crippen molar-refractivity contribution in [3.05, 3.63) is 62.0 Å². The first-order valence-corrected chi connectivity index (χ1v) is 8.51. The first-order valence-electron chi connectivity index (χ1n) is 6.43. The Bertz CT molecular complexity index is 632. The summed E-state index contributed by atoms with van der Waals surface area (Å²) >= 11 is 8.96. The number of hydrogen-bond acceptors (Lipinski definition) is 5. The van der Waals surface area contributed by atoms with Crippen LogP contribution in [0, 0.1) is 0 Å². The van der Waals surface area contributed by atoms with Crippen molar-refractivity contribution in [2.75, 3.05) is 6.54 Å². The molecule has 0 bridgehead atoms. The van der Waals surface area contributed by atoms with Gasteiger partial charge in [-0.3, -0.25) is 0 Å². The van der Waals surface area contributed by atoms with Crippen LogP contribution in [0.15, 0.2) is 42.0 Å². The number of aromatic nitrogens is 2. The van der Waals surface area contributed by atoms with Gasteiger partial charge in [-0.1, -0.05) is 17.7 Å². The third-order valence-electron chi connectivity index (χ3n) is 3.06. The van der Waals surface area contributed by atoms with Crippen molar-refractivity contribution in [2.24, 2.45) is 0 Å². The Morgan fingerprint density at radius 1 is 1.33 bits per heavy atom. The highest BCUT2D eigenvalue weighted by Gasteiger charge is 2.19. The Hall–Kier alpha value is -1.18. The number of nitrogens with one attached hydrogen (secondary N) is 2. The van der Waals surface area contributed by atoms with Crippen molar-refractivity contribution in [2.45, 2.75) is 12.1 Å². The summed E-state index contributed by atoms with van der Waals surface area (Å²) in [6, 6.07) is 7.66. The number of H-pyrrole nitrogens is 1. The van der Waals surface area contributed by atoms with Gasteiger partial charge in [0.25, 0.3) is 0 Å². The molecule has 110 valence electrons. The Morgan fingerprint density at radius 3 is 2.86 bits per heavy atom. The predicted octanol–water partition coefficient (Wildman–Crippen LogP) is 3.60. The molecule has 3 aromatic rings. The van der Waals surface area contributed by atoms with E-state index in [1.165, 1.54) is 11.3 Å². The zero-order valence-electron chi connectivity index (χ0n) is 11.0. The third-order valence-corrected chi connectivity index (χ3v) is 5.33. The summed E-state index contributed by atoms with van der Waals surface area (Å²) in [6.45, 7) is 0.431. The van der Waals surface area contributed by atoms with E-state index in [2.05, 4.69) is 21.4 Å². The lowest BCUT2D eigenvalue weighted by atomic mass is 10.2. The molecule has 0 radical (unpaired) electrons. The molecule has 0 saturated carbocycles. The second kappa shape index (κ2) is 6.72. The minimum Gasteiger partial charge on any atom is -0.386 e. The van der Waals surface area contributed by atoms with Crippen molar-refractivity contribution >= 4 is 34.3 Å². The van der Waals surface area contributed by atoms with Crippen LogP contribution in [0.1, 0.15) is 27.7 Å². The normalized spacial score (nSPS) is 14.2. The molecule has 2 unspecified atom stereocenters. The van der Waals surface area contributed by atoms with Gasteiger partial charge in [-0.2, -0.15) is 0 Å². The van der Waals surface area contributed by atoms with Gasteiger partial charge in [0.05, 0.1) is 4.34 Å². The maximum atomic E-state index is 10.2. The van der Waals surface area contributed by atoms with E-state index in [-0.39, 0.29) is 6.04 Å². The van der Waals surface area contributed by atoms with Crippen LogP contribution in [0.25, 0.3) is 0 Å². The molecule has 3 rings (SSSR count). The van der Waals surface area contributed by atoms with E-state index in [0.29, 0.717) is 10.9 Å². The third kappa shape index (κ3) is 3.53. The number of halogens is 1. The van der Waals surface area contributed by atoms with Crippen molar-refractivity contribution in [3.63, 3.8) is 0 Å². The molecule has 2 atom stereocenters. The molecular formula is C14H14ClN3OS2. The Kier molecular flexibility index (Phi) is 4.72. The maximum absolute atomic E-state index is 10.2. The number of aromatic amines is 1. The second-order valence-electron chi connectivity index (χ2n) is 4.49. The van der Waals surface area contributed by atoms with Crippen LogP contribution >= 0.6 is 34.3 Å². The summed E-state index contributed by atoms with van der Waals surface area (Å²) in [5.74, 6) is 0.842. The number of thiophene rings is 2. The van der Waals surface area contributed by atoms with E-state index >= 15 is 0 Å². The van der Waals surface area contributed by atoms with Gasteiger partial charge >= 0.3 is 0 Å². The van der Waals surface area contributed by atoms with Crippen molar-refractivity contribution in [3.8, 4) is 0 Å². The minimum atomic E-state index is -0.583. The second-order valence-corrected chi connectivity index (χ2v) is 7.21. The highest BCUT2D eigenvalue weighted by Crippen LogP contribution is 2.28. The maximum Gasteiger partial charge on any atom is 0.128 e. The van der Waals surface area contributed by atoms with E-state index < -0.39 is 6.10 Å². The molecule has 0 amide bonds. The van der Waals surface area contributed by atoms with Gasteiger partial charge in [0, 0.05) is 28.7 Å². The predicted molar refractivity (Wildman–Crippen MR) is 87.0 cm³/mol. The molecule has 0 aliphatic heterocycles. The largest absolute Gasteiger partial charge is 0.386 e. The lowest BCUT2D eigenvalue weighted by Gasteiger charge is -2.17. The number of aliphatic hydroxyl groups excluding tert-OH is 1. The quantitative estimate of drug-likeness (QED) is 0.643. The van der Waals surface area contributed by atoms with Gasteiger partial charge in [0.1, 0.15) is 18.0 Å². The zero-order chi connectivity index (χ0) is 14.7. The van der Waals surface area contributed by atoms with Gasteiger partial charge in [0.2, 0.25) is 0 Å². The van der Waals surface area contributed by atoms with Gasteiger partial charge in [0.15, 0.2) is 0 Å². The zero-order valence-corrected chi connectivity index (χ0v) is 13.4. The van der Waals surface area contributed by atoms with Crippen LogP contribution in [0.2, 0.25) is 4.34 Å². The average molecular weight is 340 g/mol. The SMILES string of the molecule is OC(CNC(c1ncc[nH]1)c1cccs1)c1ccc(Cl)s1. The smallest absolute Gasteiger partial charge is 0.128 e. The fraction of sp³-hybridized carbons (Fsp3) is 0.214. The lowest BCUT2D eigenvalue weighted by Crippen LogP contribution is -2.27. The number of rotatable bonds is 6. The Morgan fingerprint density at radius 2 is 2.24 bits per heavy atom. The molecule has 0 aromatic carbocycles. The summed E-state index contributed by atoms with van der Waals surface area (Å²) in [4.78, 5) is 9.45. The number of imidazole rings is 1. The molecule has 0 aliphatic rings. The Labute approximate surface area is 135 Å². The molecule has 0 aliphatic carbocycles. The first kappa shape index (κ1) is 14.7. The summed E-state index contributed by atoms with van der Waals surface area (Å²) in [5.41, 5.74) is 0. The van der Waals surface area contributed by atoms with Gasteiger partial charge < -0.3 is 15.4 Å². The average Bonchev–Trinajstić information content (AvgIpc) is 3.21. The lowest BCUT2D eigenvalue weighted by molar-refractivity contribution is 0.175. The number of aliphatic hydroxyl groups is 1. The fourth-order valence-electron chi connectivity index (χ4n) is 2.06. The van der Waals surface area contributed by atoms with Crippen molar-refractivity contribution in [1.29, 1.82) is 0 Å². The van der Waals surface area contributed by atoms with E-state index in [9.17, 15) is 5.11 Å². The topological polar surface area (TPSA) is 60.9 Å². The molecular weight excluding hydrogens is 326 g/mol. The molecule has 3 N–H and O–H groups in total. The fourth-order valence-corrected chi connectivity index (χ4v) is 3.91. The number of hydrogen-bond donors (Lipinski definition) is 3. The van der Waals surface area contributed by atoms with Crippen LogP contribution in [0.4, 0.5) is 0 Å². The molecule has 21 heavy (non-hydrogen) atoms. The molecule has 0 fully saturated rings. The van der Waals surface area contributed by atoms with E-state index in [4.69, 9.17) is 11.6 Å². The van der Waals surface area contributed by atoms with Crippen molar-refractivity contribution in [1.82, 2.24) is 15.3 Å². The highest BCUT2D eigenvalue weighted by molar-refractivity contribution is 7.16. The van der Waals surface area contributed by atoms with Gasteiger partial charge in [-0.15, -0.1) is 22.7 Å².